The molecule has 0 N–H and O–H groups in total. The second-order valence-electron chi connectivity index (χ2n) is 7.54. The minimum Gasteiger partial charge on any atom is -0.432 e. The van der Waals surface area contributed by atoms with E-state index in [1.54, 1.807) is 0 Å². The molecule has 0 bridgehead atoms. The lowest BCUT2D eigenvalue weighted by atomic mass is 9.75. The van der Waals surface area contributed by atoms with Gasteiger partial charge in [0, 0.05) is 0 Å². The molecule has 0 aliphatic heterocycles. The highest BCUT2D eigenvalue weighted by atomic mass is 31.2. The molecule has 22 heavy (non-hydrogen) atoms. The molecule has 3 atom stereocenters. The normalized spacial score (nSPS) is 26.0. The predicted octanol–water partition coefficient (Wildman–Crippen LogP) is 5.19. The molecule has 1 aromatic rings. The van der Waals surface area contributed by atoms with E-state index >= 15 is 0 Å². The molecule has 0 amide bonds. The number of benzene rings is 1. The molecule has 3 heteroatoms. The Morgan fingerprint density at radius 2 is 1.82 bits per heavy atom. The summed E-state index contributed by atoms with van der Waals surface area (Å²) in [5.74, 6) is 1.74. The summed E-state index contributed by atoms with van der Waals surface area (Å²) in [5, 5.41) is 1.13. The van der Waals surface area contributed by atoms with Gasteiger partial charge < -0.3 is 4.74 Å². The first-order valence-electron chi connectivity index (χ1n) is 8.43. The summed E-state index contributed by atoms with van der Waals surface area (Å²) in [6.07, 6.45) is 3.55. The van der Waals surface area contributed by atoms with E-state index in [1.807, 2.05) is 18.2 Å². The van der Waals surface area contributed by atoms with Crippen LogP contribution in [0.15, 0.2) is 30.3 Å². The highest BCUT2D eigenvalue weighted by molar-refractivity contribution is 7.95. The molecule has 122 valence electrons. The van der Waals surface area contributed by atoms with Gasteiger partial charge in [0.05, 0.1) is 13.3 Å². The Balaban J connectivity index is 2.12. The van der Waals surface area contributed by atoms with Crippen LogP contribution in [0.3, 0.4) is 0 Å². The van der Waals surface area contributed by atoms with Crippen molar-refractivity contribution < 1.29 is 9.53 Å². The van der Waals surface area contributed by atoms with Gasteiger partial charge in [-0.2, -0.15) is 0 Å². The van der Waals surface area contributed by atoms with E-state index in [9.17, 15) is 4.79 Å². The fourth-order valence-corrected chi connectivity index (χ4v) is 4.94. The average molecular weight is 321 g/mol. The van der Waals surface area contributed by atoms with Gasteiger partial charge in [-0.3, -0.25) is 0 Å². The molecule has 0 unspecified atom stereocenters. The Bertz CT molecular complexity index is 495. The van der Waals surface area contributed by atoms with Gasteiger partial charge >= 0.3 is 5.71 Å². The van der Waals surface area contributed by atoms with E-state index < -0.39 is 7.26 Å². The number of carbonyl (C=O) groups excluding carboxylic acids is 1. The zero-order chi connectivity index (χ0) is 16.3. The van der Waals surface area contributed by atoms with Crippen LogP contribution in [-0.2, 0) is 4.74 Å². The van der Waals surface area contributed by atoms with Crippen molar-refractivity contribution >= 4 is 18.3 Å². The summed E-state index contributed by atoms with van der Waals surface area (Å²) in [7, 11) is -1.89. The Kier molecular flexibility index (Phi) is 5.66. The Labute approximate surface area is 136 Å². The van der Waals surface area contributed by atoms with Gasteiger partial charge in [0.15, 0.2) is 7.26 Å². The van der Waals surface area contributed by atoms with Crippen LogP contribution in [0.1, 0.15) is 40.0 Å². The van der Waals surface area contributed by atoms with E-state index in [1.165, 1.54) is 12.8 Å². The molecule has 0 saturated heterocycles. The lowest BCUT2D eigenvalue weighted by molar-refractivity contribution is 0.0179. The highest BCUT2D eigenvalue weighted by Crippen LogP contribution is 2.52. The predicted molar refractivity (Wildman–Crippen MR) is 96.5 cm³/mol. The molecule has 0 aromatic heterocycles. The standard InChI is InChI=1S/C19H30O2P/c1-14(2)17-12-11-15(3)13-18(17)21-19(20)22(4,5)16-9-7-6-8-10-16/h6-10,14-15,17-18H,11-13H2,1-5H3/q+1/t15-,17-,18+/m0/s1. The van der Waals surface area contributed by atoms with Gasteiger partial charge in [0.25, 0.3) is 0 Å². The van der Waals surface area contributed by atoms with E-state index in [-0.39, 0.29) is 11.8 Å². The van der Waals surface area contributed by atoms with Crippen LogP contribution >= 0.6 is 7.26 Å². The van der Waals surface area contributed by atoms with E-state index in [0.717, 1.165) is 11.7 Å². The fourth-order valence-electron chi connectivity index (χ4n) is 3.42. The van der Waals surface area contributed by atoms with Crippen molar-refractivity contribution in [1.29, 1.82) is 0 Å². The Morgan fingerprint density at radius 1 is 1.18 bits per heavy atom. The SMILES string of the molecule is CC(C)[C@@H]1CC[C@H](C)C[C@H]1OC(=O)[P+](C)(C)c1ccccc1. The first kappa shape index (κ1) is 17.5. The third-order valence-corrected chi connectivity index (χ3v) is 7.68. The molecule has 1 aliphatic rings. The molecule has 1 fully saturated rings. The molecule has 0 radical (unpaired) electrons. The second-order valence-corrected chi connectivity index (χ2v) is 11.3. The first-order valence-corrected chi connectivity index (χ1v) is 11.1. The highest BCUT2D eigenvalue weighted by Gasteiger charge is 2.44. The number of carbonyl (C=O) groups is 1. The number of hydrogen-bond donors (Lipinski definition) is 0. The lowest BCUT2D eigenvalue weighted by Crippen LogP contribution is -2.36. The monoisotopic (exact) mass is 321 g/mol. The van der Waals surface area contributed by atoms with E-state index in [4.69, 9.17) is 4.74 Å². The molecule has 1 saturated carbocycles. The number of rotatable bonds is 4. The summed E-state index contributed by atoms with van der Waals surface area (Å²) in [5.41, 5.74) is 0.0171. The van der Waals surface area contributed by atoms with Gasteiger partial charge in [0.1, 0.15) is 11.4 Å². The fraction of sp³-hybridized carbons (Fsp3) is 0.632. The van der Waals surface area contributed by atoms with Crippen molar-refractivity contribution in [1.82, 2.24) is 0 Å². The smallest absolute Gasteiger partial charge is 0.432 e. The third-order valence-electron chi connectivity index (χ3n) is 5.07. The van der Waals surface area contributed by atoms with Crippen LogP contribution in [0.5, 0.6) is 0 Å². The molecular weight excluding hydrogens is 291 g/mol. The Hall–Kier alpha value is -0.880. The van der Waals surface area contributed by atoms with Crippen molar-refractivity contribution in [3.05, 3.63) is 30.3 Å². The summed E-state index contributed by atoms with van der Waals surface area (Å²) in [4.78, 5) is 12.8. The molecule has 2 rings (SSSR count). The topological polar surface area (TPSA) is 26.3 Å². The maximum absolute atomic E-state index is 12.8. The van der Waals surface area contributed by atoms with Crippen LogP contribution in [0.2, 0.25) is 0 Å². The van der Waals surface area contributed by atoms with Crippen molar-refractivity contribution in [2.75, 3.05) is 13.3 Å². The lowest BCUT2D eigenvalue weighted by Gasteiger charge is -2.36. The minimum atomic E-state index is -1.89. The molecule has 2 nitrogen and oxygen atoms in total. The molecule has 0 heterocycles. The quantitative estimate of drug-likeness (QED) is 0.714. The van der Waals surface area contributed by atoms with Gasteiger partial charge in [-0.1, -0.05) is 45.4 Å². The zero-order valence-corrected chi connectivity index (χ0v) is 15.5. The van der Waals surface area contributed by atoms with Crippen LogP contribution < -0.4 is 5.30 Å². The maximum Gasteiger partial charge on any atom is 0.455 e. The van der Waals surface area contributed by atoms with E-state index in [2.05, 4.69) is 46.2 Å². The second kappa shape index (κ2) is 7.13. The van der Waals surface area contributed by atoms with Crippen LogP contribution in [-0.4, -0.2) is 25.1 Å². The summed E-state index contributed by atoms with van der Waals surface area (Å²) in [6.45, 7) is 10.9. The molecule has 0 spiro atoms. The third kappa shape index (κ3) is 3.90. The zero-order valence-electron chi connectivity index (χ0n) is 14.6. The van der Waals surface area contributed by atoms with Gasteiger partial charge in [-0.15, -0.1) is 0 Å². The van der Waals surface area contributed by atoms with Crippen LogP contribution in [0.4, 0.5) is 4.79 Å². The molecular formula is C19H30O2P+. The van der Waals surface area contributed by atoms with Crippen molar-refractivity contribution in [2.24, 2.45) is 17.8 Å². The first-order chi connectivity index (χ1) is 10.3. The van der Waals surface area contributed by atoms with Crippen molar-refractivity contribution in [2.45, 2.75) is 46.1 Å². The molecule has 1 aromatic carbocycles. The van der Waals surface area contributed by atoms with Gasteiger partial charge in [-0.05, 0) is 42.7 Å². The van der Waals surface area contributed by atoms with Gasteiger partial charge in [0.2, 0.25) is 0 Å². The van der Waals surface area contributed by atoms with Crippen molar-refractivity contribution in [3.63, 3.8) is 0 Å². The summed E-state index contributed by atoms with van der Waals surface area (Å²) < 4.78 is 6.07. The average Bonchev–Trinajstić information content (AvgIpc) is 2.47. The maximum atomic E-state index is 12.8. The van der Waals surface area contributed by atoms with Crippen LogP contribution in [0, 0.1) is 17.8 Å². The summed E-state index contributed by atoms with van der Waals surface area (Å²) in [6, 6.07) is 10.1. The summed E-state index contributed by atoms with van der Waals surface area (Å²) >= 11 is 0. The molecule has 1 aliphatic carbocycles. The van der Waals surface area contributed by atoms with E-state index in [0.29, 0.717) is 17.8 Å². The largest absolute Gasteiger partial charge is 0.455 e. The van der Waals surface area contributed by atoms with Crippen LogP contribution in [0.25, 0.3) is 0 Å². The van der Waals surface area contributed by atoms with Crippen molar-refractivity contribution in [3.8, 4) is 0 Å². The minimum absolute atomic E-state index is 0.0171. The Morgan fingerprint density at radius 3 is 2.41 bits per heavy atom. The number of ether oxygens (including phenoxy) is 1. The number of hydrogen-bond acceptors (Lipinski definition) is 2. The van der Waals surface area contributed by atoms with Gasteiger partial charge in [-0.25, -0.2) is 4.79 Å².